The monoisotopic (exact) mass is 354 g/mol. The molecule has 0 aromatic heterocycles. The van der Waals surface area contributed by atoms with Crippen LogP contribution in [0.25, 0.3) is 0 Å². The van der Waals surface area contributed by atoms with Crippen LogP contribution in [0.4, 0.5) is 0 Å². The summed E-state index contributed by atoms with van der Waals surface area (Å²) in [5.41, 5.74) is 3.01. The first-order valence-corrected chi connectivity index (χ1v) is 10.2. The number of nitrogens with zero attached hydrogens (tertiary/aromatic N) is 2. The normalized spacial score (nSPS) is 24.4. The maximum Gasteiger partial charge on any atom is 0.191 e. The van der Waals surface area contributed by atoms with E-state index in [-0.39, 0.29) is 0 Å². The summed E-state index contributed by atoms with van der Waals surface area (Å²) in [6, 6.07) is 11.9. The predicted octanol–water partition coefficient (Wildman–Crippen LogP) is 3.70. The minimum atomic E-state index is 0.508. The molecule has 1 aliphatic heterocycles. The van der Waals surface area contributed by atoms with E-state index in [1.54, 1.807) is 5.57 Å². The highest BCUT2D eigenvalue weighted by atomic mass is 15.2. The maximum atomic E-state index is 4.42. The Bertz CT molecular complexity index is 608. The van der Waals surface area contributed by atoms with Crippen molar-refractivity contribution < 1.29 is 0 Å². The molecule has 2 atom stereocenters. The molecule has 1 saturated heterocycles. The van der Waals surface area contributed by atoms with Gasteiger partial charge in [0.1, 0.15) is 0 Å². The van der Waals surface area contributed by atoms with Crippen molar-refractivity contribution in [1.82, 2.24) is 15.5 Å². The smallest absolute Gasteiger partial charge is 0.191 e. The van der Waals surface area contributed by atoms with Crippen LogP contribution < -0.4 is 10.6 Å². The molecule has 142 valence electrons. The molecule has 0 radical (unpaired) electrons. The largest absolute Gasteiger partial charge is 0.356 e. The number of aliphatic imine (C=N–C) groups is 1. The second-order valence-electron chi connectivity index (χ2n) is 7.67. The molecule has 4 nitrogen and oxygen atoms in total. The van der Waals surface area contributed by atoms with Crippen molar-refractivity contribution in [1.29, 1.82) is 0 Å². The number of nitrogens with one attached hydrogen (secondary N) is 2. The summed E-state index contributed by atoms with van der Waals surface area (Å²) < 4.78 is 0. The summed E-state index contributed by atoms with van der Waals surface area (Å²) in [6.45, 7) is 5.52. The molecule has 3 rings (SSSR count). The van der Waals surface area contributed by atoms with Crippen molar-refractivity contribution in [2.75, 3.05) is 20.1 Å². The molecule has 1 aromatic rings. The summed E-state index contributed by atoms with van der Waals surface area (Å²) >= 11 is 0. The van der Waals surface area contributed by atoms with E-state index < -0.39 is 0 Å². The van der Waals surface area contributed by atoms with Crippen LogP contribution in [-0.4, -0.2) is 43.1 Å². The first kappa shape index (κ1) is 19.0. The second kappa shape index (κ2) is 9.77. The third-order valence-electron chi connectivity index (χ3n) is 5.68. The third kappa shape index (κ3) is 5.60. The van der Waals surface area contributed by atoms with Gasteiger partial charge in [-0.2, -0.15) is 0 Å². The van der Waals surface area contributed by atoms with Gasteiger partial charge in [-0.25, -0.2) is 0 Å². The molecule has 4 heteroatoms. The molecule has 1 aliphatic carbocycles. The lowest BCUT2D eigenvalue weighted by Gasteiger charge is -2.38. The Balaban J connectivity index is 1.41. The van der Waals surface area contributed by atoms with Crippen molar-refractivity contribution >= 4 is 5.96 Å². The SMILES string of the molecule is CN=C(NCCC1=CCCC1)NC1CCN(Cc2ccccc2)C(C)C1. The minimum Gasteiger partial charge on any atom is -0.356 e. The third-order valence-corrected chi connectivity index (χ3v) is 5.68. The topological polar surface area (TPSA) is 39.7 Å². The van der Waals surface area contributed by atoms with Crippen LogP contribution in [0.1, 0.15) is 51.0 Å². The maximum absolute atomic E-state index is 4.42. The molecule has 2 unspecified atom stereocenters. The fourth-order valence-electron chi connectivity index (χ4n) is 4.10. The van der Waals surface area contributed by atoms with Crippen LogP contribution >= 0.6 is 0 Å². The van der Waals surface area contributed by atoms with Gasteiger partial charge in [-0.15, -0.1) is 0 Å². The van der Waals surface area contributed by atoms with E-state index in [1.807, 2.05) is 7.05 Å². The van der Waals surface area contributed by atoms with Crippen molar-refractivity contribution in [3.05, 3.63) is 47.5 Å². The Hall–Kier alpha value is -1.81. The molecule has 26 heavy (non-hydrogen) atoms. The molecular weight excluding hydrogens is 320 g/mol. The highest BCUT2D eigenvalue weighted by Gasteiger charge is 2.25. The van der Waals surface area contributed by atoms with Crippen LogP contribution in [0.5, 0.6) is 0 Å². The van der Waals surface area contributed by atoms with Gasteiger partial charge in [0.25, 0.3) is 0 Å². The van der Waals surface area contributed by atoms with E-state index in [9.17, 15) is 0 Å². The first-order valence-electron chi connectivity index (χ1n) is 10.2. The molecule has 1 heterocycles. The fraction of sp³-hybridized carbons (Fsp3) is 0.591. The fourth-order valence-corrected chi connectivity index (χ4v) is 4.10. The number of piperidine rings is 1. The summed E-state index contributed by atoms with van der Waals surface area (Å²) in [4.78, 5) is 7.01. The first-order chi connectivity index (χ1) is 12.7. The van der Waals surface area contributed by atoms with Crippen molar-refractivity contribution in [3.63, 3.8) is 0 Å². The van der Waals surface area contributed by atoms with E-state index in [2.05, 4.69) is 63.9 Å². The van der Waals surface area contributed by atoms with Gasteiger partial charge >= 0.3 is 0 Å². The van der Waals surface area contributed by atoms with Gasteiger partial charge in [0, 0.05) is 38.8 Å². The molecule has 2 N–H and O–H groups in total. The van der Waals surface area contributed by atoms with Crippen molar-refractivity contribution in [2.24, 2.45) is 4.99 Å². The van der Waals surface area contributed by atoms with Gasteiger partial charge in [0.2, 0.25) is 0 Å². The number of likely N-dealkylation sites (tertiary alicyclic amines) is 1. The van der Waals surface area contributed by atoms with E-state index in [1.165, 1.54) is 37.7 Å². The average molecular weight is 355 g/mol. The van der Waals surface area contributed by atoms with Gasteiger partial charge in [-0.05, 0) is 51.0 Å². The molecule has 1 fully saturated rings. The Labute approximate surface area is 158 Å². The quantitative estimate of drug-likeness (QED) is 0.465. The zero-order valence-corrected chi connectivity index (χ0v) is 16.4. The van der Waals surface area contributed by atoms with Gasteiger partial charge in [-0.3, -0.25) is 9.89 Å². The molecular formula is C22H34N4. The molecule has 2 aliphatic rings. The molecule has 0 saturated carbocycles. The van der Waals surface area contributed by atoms with Gasteiger partial charge in [0.15, 0.2) is 5.96 Å². The summed E-state index contributed by atoms with van der Waals surface area (Å²) in [5.74, 6) is 0.956. The zero-order chi connectivity index (χ0) is 18.2. The highest BCUT2D eigenvalue weighted by molar-refractivity contribution is 5.79. The van der Waals surface area contributed by atoms with Crippen LogP contribution in [0, 0.1) is 0 Å². The van der Waals surface area contributed by atoms with Crippen LogP contribution in [0.2, 0.25) is 0 Å². The predicted molar refractivity (Wildman–Crippen MR) is 110 cm³/mol. The Morgan fingerprint density at radius 2 is 2.12 bits per heavy atom. The van der Waals surface area contributed by atoms with E-state index in [0.717, 1.165) is 32.0 Å². The Morgan fingerprint density at radius 3 is 2.81 bits per heavy atom. The summed E-state index contributed by atoms with van der Waals surface area (Å²) in [5, 5.41) is 7.13. The molecule has 1 aromatic carbocycles. The number of benzene rings is 1. The highest BCUT2D eigenvalue weighted by Crippen LogP contribution is 2.21. The van der Waals surface area contributed by atoms with E-state index in [4.69, 9.17) is 0 Å². The van der Waals surface area contributed by atoms with Gasteiger partial charge in [0.05, 0.1) is 0 Å². The van der Waals surface area contributed by atoms with Crippen LogP contribution in [0.3, 0.4) is 0 Å². The van der Waals surface area contributed by atoms with Crippen LogP contribution in [0.15, 0.2) is 47.0 Å². The molecule has 0 bridgehead atoms. The molecule has 0 amide bonds. The zero-order valence-electron chi connectivity index (χ0n) is 16.4. The number of hydrogen-bond acceptors (Lipinski definition) is 2. The number of rotatable bonds is 6. The second-order valence-corrected chi connectivity index (χ2v) is 7.67. The summed E-state index contributed by atoms with van der Waals surface area (Å²) in [6.07, 6.45) is 9.77. The van der Waals surface area contributed by atoms with Gasteiger partial charge < -0.3 is 10.6 Å². The van der Waals surface area contributed by atoms with E-state index >= 15 is 0 Å². The minimum absolute atomic E-state index is 0.508. The standard InChI is InChI=1S/C22H34N4/c1-18-16-21(13-15-26(18)17-20-10-4-3-5-11-20)25-22(23-2)24-14-12-19-8-6-7-9-19/h3-5,8,10-11,18,21H,6-7,9,12-17H2,1-2H3,(H2,23,24,25). The number of allylic oxidation sites excluding steroid dienone is 1. The summed E-state index contributed by atoms with van der Waals surface area (Å²) in [7, 11) is 1.87. The number of hydrogen-bond donors (Lipinski definition) is 2. The Morgan fingerprint density at radius 1 is 1.27 bits per heavy atom. The van der Waals surface area contributed by atoms with E-state index in [0.29, 0.717) is 12.1 Å². The van der Waals surface area contributed by atoms with Crippen molar-refractivity contribution in [2.45, 2.75) is 64.1 Å². The lowest BCUT2D eigenvalue weighted by molar-refractivity contribution is 0.134. The van der Waals surface area contributed by atoms with Crippen LogP contribution in [-0.2, 0) is 6.54 Å². The van der Waals surface area contributed by atoms with Gasteiger partial charge in [-0.1, -0.05) is 42.0 Å². The van der Waals surface area contributed by atoms with Crippen molar-refractivity contribution in [3.8, 4) is 0 Å². The molecule has 0 spiro atoms. The Kier molecular flexibility index (Phi) is 7.13. The average Bonchev–Trinajstić information content (AvgIpc) is 3.17. The number of guanidine groups is 1. The lowest BCUT2D eigenvalue weighted by atomic mass is 9.97. The lowest BCUT2D eigenvalue weighted by Crippen LogP contribution is -2.51.